The van der Waals surface area contributed by atoms with Crippen LogP contribution >= 0.6 is 0 Å². The van der Waals surface area contributed by atoms with E-state index in [1.807, 2.05) is 24.3 Å². The molecule has 100 valence electrons. The van der Waals surface area contributed by atoms with Gasteiger partial charge in [-0.1, -0.05) is 6.07 Å². The van der Waals surface area contributed by atoms with Crippen LogP contribution in [0.1, 0.15) is 16.1 Å². The molecule has 0 radical (unpaired) electrons. The van der Waals surface area contributed by atoms with Crippen molar-refractivity contribution >= 4 is 16.8 Å². The van der Waals surface area contributed by atoms with Crippen molar-refractivity contribution in [2.45, 2.75) is 6.42 Å². The third kappa shape index (κ3) is 2.66. The van der Waals surface area contributed by atoms with Crippen LogP contribution in [0, 0.1) is 0 Å². The summed E-state index contributed by atoms with van der Waals surface area (Å²) in [5.41, 5.74) is 2.55. The predicted octanol–water partition coefficient (Wildman–Crippen LogP) is 1.93. The van der Waals surface area contributed by atoms with Crippen molar-refractivity contribution < 1.29 is 4.79 Å². The van der Waals surface area contributed by atoms with Crippen LogP contribution in [0.3, 0.4) is 0 Å². The predicted molar refractivity (Wildman–Crippen MR) is 76.4 cm³/mol. The average Bonchev–Trinajstić information content (AvgIpc) is 3.00. The van der Waals surface area contributed by atoms with E-state index in [2.05, 4.69) is 20.3 Å². The topological polar surface area (TPSA) is 70.7 Å². The zero-order valence-corrected chi connectivity index (χ0v) is 10.8. The van der Waals surface area contributed by atoms with Crippen LogP contribution in [-0.4, -0.2) is 27.4 Å². The number of amides is 1. The van der Waals surface area contributed by atoms with Crippen molar-refractivity contribution in [1.82, 2.24) is 20.3 Å². The van der Waals surface area contributed by atoms with Crippen molar-refractivity contribution in [2.75, 3.05) is 6.54 Å². The fourth-order valence-electron chi connectivity index (χ4n) is 2.05. The quantitative estimate of drug-likeness (QED) is 0.758. The number of imidazole rings is 1. The van der Waals surface area contributed by atoms with E-state index in [0.717, 1.165) is 23.0 Å². The number of aromatic amines is 1. The molecule has 1 amide bonds. The summed E-state index contributed by atoms with van der Waals surface area (Å²) in [5.74, 6) is -0.0738. The van der Waals surface area contributed by atoms with E-state index in [1.54, 1.807) is 24.8 Å². The molecule has 3 aromatic rings. The van der Waals surface area contributed by atoms with E-state index < -0.39 is 0 Å². The Bertz CT molecular complexity index is 722. The molecule has 2 aromatic heterocycles. The van der Waals surface area contributed by atoms with Gasteiger partial charge in [0.15, 0.2) is 0 Å². The first-order valence-electron chi connectivity index (χ1n) is 6.43. The molecule has 0 atom stereocenters. The van der Waals surface area contributed by atoms with Gasteiger partial charge in [-0.15, -0.1) is 0 Å². The first kappa shape index (κ1) is 12.3. The number of carbonyl (C=O) groups is 1. The van der Waals surface area contributed by atoms with Gasteiger partial charge in [0.2, 0.25) is 0 Å². The largest absolute Gasteiger partial charge is 0.352 e. The molecule has 0 fully saturated rings. The van der Waals surface area contributed by atoms with Crippen LogP contribution < -0.4 is 5.32 Å². The lowest BCUT2D eigenvalue weighted by molar-refractivity contribution is 0.0954. The molecule has 3 rings (SSSR count). The number of hydrogen-bond donors (Lipinski definition) is 2. The first-order valence-corrected chi connectivity index (χ1v) is 6.43. The Kier molecular flexibility index (Phi) is 3.41. The number of carbonyl (C=O) groups excluding carboxylic acids is 1. The molecule has 0 aliphatic rings. The summed E-state index contributed by atoms with van der Waals surface area (Å²) in [6, 6.07) is 9.32. The lowest BCUT2D eigenvalue weighted by atomic mass is 10.1. The lowest BCUT2D eigenvalue weighted by Gasteiger charge is -2.05. The second-order valence-corrected chi connectivity index (χ2v) is 4.49. The van der Waals surface area contributed by atoms with Crippen molar-refractivity contribution in [3.05, 3.63) is 60.3 Å². The second kappa shape index (κ2) is 5.52. The smallest absolute Gasteiger partial charge is 0.251 e. The minimum atomic E-state index is -0.0738. The van der Waals surface area contributed by atoms with Gasteiger partial charge in [0.05, 0.1) is 11.8 Å². The Balaban J connectivity index is 1.66. The molecule has 1 aromatic carbocycles. The zero-order chi connectivity index (χ0) is 13.8. The van der Waals surface area contributed by atoms with Crippen LogP contribution in [0.2, 0.25) is 0 Å². The normalized spacial score (nSPS) is 10.6. The molecule has 2 heterocycles. The maximum atomic E-state index is 12.1. The van der Waals surface area contributed by atoms with Crippen molar-refractivity contribution in [3.8, 4) is 0 Å². The number of rotatable bonds is 4. The molecule has 0 spiro atoms. The van der Waals surface area contributed by atoms with Gasteiger partial charge in [0.1, 0.15) is 0 Å². The van der Waals surface area contributed by atoms with Crippen LogP contribution in [0.5, 0.6) is 0 Å². The van der Waals surface area contributed by atoms with Gasteiger partial charge < -0.3 is 10.3 Å². The molecule has 20 heavy (non-hydrogen) atoms. The zero-order valence-electron chi connectivity index (χ0n) is 10.8. The fourth-order valence-corrected chi connectivity index (χ4v) is 2.05. The maximum absolute atomic E-state index is 12.1. The SMILES string of the molecule is O=C(NCCc1cnc[nH]1)c1ccc2ncccc2c1. The molecule has 5 heteroatoms. The number of benzene rings is 1. The van der Waals surface area contributed by atoms with E-state index >= 15 is 0 Å². The minimum Gasteiger partial charge on any atom is -0.352 e. The molecular weight excluding hydrogens is 252 g/mol. The highest BCUT2D eigenvalue weighted by atomic mass is 16.1. The van der Waals surface area contributed by atoms with E-state index in [0.29, 0.717) is 12.1 Å². The molecular formula is C15H14N4O. The van der Waals surface area contributed by atoms with Crippen molar-refractivity contribution in [3.63, 3.8) is 0 Å². The van der Waals surface area contributed by atoms with Crippen LogP contribution in [-0.2, 0) is 6.42 Å². The van der Waals surface area contributed by atoms with E-state index in [1.165, 1.54) is 0 Å². The van der Waals surface area contributed by atoms with Gasteiger partial charge in [-0.25, -0.2) is 4.98 Å². The Morgan fingerprint density at radius 1 is 1.30 bits per heavy atom. The maximum Gasteiger partial charge on any atom is 0.251 e. The minimum absolute atomic E-state index is 0.0738. The van der Waals surface area contributed by atoms with Crippen LogP contribution in [0.15, 0.2) is 49.1 Å². The van der Waals surface area contributed by atoms with Gasteiger partial charge in [-0.3, -0.25) is 9.78 Å². The van der Waals surface area contributed by atoms with E-state index in [-0.39, 0.29) is 5.91 Å². The Morgan fingerprint density at radius 2 is 2.25 bits per heavy atom. The molecule has 5 nitrogen and oxygen atoms in total. The number of pyridine rings is 1. The second-order valence-electron chi connectivity index (χ2n) is 4.49. The van der Waals surface area contributed by atoms with E-state index in [9.17, 15) is 4.79 Å². The molecule has 0 aliphatic carbocycles. The molecule has 0 saturated carbocycles. The summed E-state index contributed by atoms with van der Waals surface area (Å²) in [6.45, 7) is 0.575. The van der Waals surface area contributed by atoms with Crippen molar-refractivity contribution in [2.24, 2.45) is 0 Å². The number of H-pyrrole nitrogens is 1. The van der Waals surface area contributed by atoms with Gasteiger partial charge in [0, 0.05) is 42.0 Å². The summed E-state index contributed by atoms with van der Waals surface area (Å²) in [5, 5.41) is 3.86. The number of aromatic nitrogens is 3. The highest BCUT2D eigenvalue weighted by molar-refractivity contribution is 5.97. The Labute approximate surface area is 116 Å². The summed E-state index contributed by atoms with van der Waals surface area (Å²) in [6.07, 6.45) is 5.87. The average molecular weight is 266 g/mol. The number of nitrogens with zero attached hydrogens (tertiary/aromatic N) is 2. The lowest BCUT2D eigenvalue weighted by Crippen LogP contribution is -2.25. The van der Waals surface area contributed by atoms with Crippen LogP contribution in [0.25, 0.3) is 10.9 Å². The standard InChI is InChI=1S/C15H14N4O/c20-15(18-7-5-13-9-16-10-19-13)12-3-4-14-11(8-12)2-1-6-17-14/h1-4,6,8-10H,5,7H2,(H,16,19)(H,18,20). The van der Waals surface area contributed by atoms with Gasteiger partial charge >= 0.3 is 0 Å². The summed E-state index contributed by atoms with van der Waals surface area (Å²) in [4.78, 5) is 23.2. The van der Waals surface area contributed by atoms with Gasteiger partial charge in [-0.05, 0) is 24.3 Å². The fraction of sp³-hybridized carbons (Fsp3) is 0.133. The number of fused-ring (bicyclic) bond motifs is 1. The molecule has 0 bridgehead atoms. The highest BCUT2D eigenvalue weighted by Crippen LogP contribution is 2.13. The highest BCUT2D eigenvalue weighted by Gasteiger charge is 2.06. The molecule has 0 saturated heterocycles. The molecule has 0 unspecified atom stereocenters. The van der Waals surface area contributed by atoms with Crippen LogP contribution in [0.4, 0.5) is 0 Å². The summed E-state index contributed by atoms with van der Waals surface area (Å²) < 4.78 is 0. The number of hydrogen-bond acceptors (Lipinski definition) is 3. The van der Waals surface area contributed by atoms with E-state index in [4.69, 9.17) is 0 Å². The number of nitrogens with one attached hydrogen (secondary N) is 2. The van der Waals surface area contributed by atoms with Gasteiger partial charge in [-0.2, -0.15) is 0 Å². The molecule has 2 N–H and O–H groups in total. The Hall–Kier alpha value is -2.69. The van der Waals surface area contributed by atoms with Gasteiger partial charge in [0.25, 0.3) is 5.91 Å². The van der Waals surface area contributed by atoms with Crippen molar-refractivity contribution in [1.29, 1.82) is 0 Å². The monoisotopic (exact) mass is 266 g/mol. The summed E-state index contributed by atoms with van der Waals surface area (Å²) in [7, 11) is 0. The Morgan fingerprint density at radius 3 is 3.10 bits per heavy atom. The molecule has 0 aliphatic heterocycles. The third-order valence-electron chi connectivity index (χ3n) is 3.10. The summed E-state index contributed by atoms with van der Waals surface area (Å²) >= 11 is 0. The third-order valence-corrected chi connectivity index (χ3v) is 3.10. The first-order chi connectivity index (χ1) is 9.83.